The molecule has 0 aliphatic rings. The number of hydrogen-bond donors (Lipinski definition) is 2. The van der Waals surface area contributed by atoms with Gasteiger partial charge in [0.1, 0.15) is 10.6 Å². The van der Waals surface area contributed by atoms with E-state index < -0.39 is 34.9 Å². The van der Waals surface area contributed by atoms with Gasteiger partial charge in [-0.25, -0.2) is 13.1 Å². The summed E-state index contributed by atoms with van der Waals surface area (Å²) in [5.41, 5.74) is 5.47. The monoisotopic (exact) mass is 349 g/mol. The zero-order chi connectivity index (χ0) is 16.9. The fourth-order valence-electron chi connectivity index (χ4n) is 1.51. The number of rotatable bonds is 8. The number of primary amides is 1. The van der Waals surface area contributed by atoms with E-state index in [1.807, 2.05) is 0 Å². The van der Waals surface area contributed by atoms with Crippen molar-refractivity contribution < 1.29 is 27.9 Å². The molecule has 0 saturated heterocycles. The van der Waals surface area contributed by atoms with Crippen LogP contribution < -0.4 is 20.3 Å². The van der Waals surface area contributed by atoms with Crippen molar-refractivity contribution in [1.82, 2.24) is 4.72 Å². The Bertz CT molecular complexity index is 689. The Balaban J connectivity index is 3.04. The predicted octanol–water partition coefficient (Wildman–Crippen LogP) is -1.07. The summed E-state index contributed by atoms with van der Waals surface area (Å²) in [6.07, 6.45) is -0.478. The Morgan fingerprint density at radius 1 is 1.41 bits per heavy atom. The normalized spacial score (nSPS) is 11.2. The molecule has 0 fully saturated rings. The van der Waals surface area contributed by atoms with Gasteiger partial charge in [0.05, 0.1) is 5.02 Å². The Morgan fingerprint density at radius 2 is 2.05 bits per heavy atom. The zero-order valence-electron chi connectivity index (χ0n) is 11.6. The maximum Gasteiger partial charge on any atom is 0.255 e. The molecule has 1 rings (SSSR count). The molecule has 122 valence electrons. The highest BCUT2D eigenvalue weighted by Gasteiger charge is 2.20. The summed E-state index contributed by atoms with van der Waals surface area (Å²) >= 11 is 5.90. The van der Waals surface area contributed by atoms with Crippen molar-refractivity contribution in [3.8, 4) is 5.75 Å². The van der Waals surface area contributed by atoms with Crippen LogP contribution in [0.4, 0.5) is 0 Å². The van der Waals surface area contributed by atoms with Crippen LogP contribution in [-0.2, 0) is 19.6 Å². The number of halogens is 1. The van der Waals surface area contributed by atoms with Crippen LogP contribution in [-0.4, -0.2) is 33.4 Å². The van der Waals surface area contributed by atoms with Gasteiger partial charge in [-0.05, 0) is 18.6 Å². The first-order valence-corrected chi connectivity index (χ1v) is 7.90. The van der Waals surface area contributed by atoms with E-state index in [2.05, 4.69) is 4.72 Å². The molecule has 8 nitrogen and oxygen atoms in total. The molecule has 0 atom stereocenters. The zero-order valence-corrected chi connectivity index (χ0v) is 13.2. The van der Waals surface area contributed by atoms with Crippen LogP contribution in [0.3, 0.4) is 0 Å². The minimum Gasteiger partial charge on any atom is -0.550 e. The highest BCUT2D eigenvalue weighted by Crippen LogP contribution is 2.29. The third-order valence-electron chi connectivity index (χ3n) is 2.51. The van der Waals surface area contributed by atoms with Gasteiger partial charge in [0.15, 0.2) is 6.61 Å². The number of hydrogen-bond acceptors (Lipinski definition) is 6. The Hall–Kier alpha value is -1.84. The lowest BCUT2D eigenvalue weighted by atomic mass is 10.2. The lowest BCUT2D eigenvalue weighted by Crippen LogP contribution is -2.31. The van der Waals surface area contributed by atoms with Crippen LogP contribution in [0.2, 0.25) is 5.02 Å². The summed E-state index contributed by atoms with van der Waals surface area (Å²) in [4.78, 5) is 20.7. The summed E-state index contributed by atoms with van der Waals surface area (Å²) in [5, 5.41) is 10.2. The number of nitrogens with two attached hydrogens (primary N) is 1. The molecule has 0 spiro atoms. The number of carboxylic acid groups (broad SMARTS) is 1. The van der Waals surface area contributed by atoms with Crippen molar-refractivity contribution in [2.45, 2.75) is 18.2 Å². The highest BCUT2D eigenvalue weighted by molar-refractivity contribution is 7.89. The molecule has 0 aliphatic carbocycles. The van der Waals surface area contributed by atoms with E-state index in [0.29, 0.717) is 5.56 Å². The summed E-state index contributed by atoms with van der Waals surface area (Å²) in [7, 11) is -4.03. The lowest BCUT2D eigenvalue weighted by Gasteiger charge is -2.13. The van der Waals surface area contributed by atoms with Crippen molar-refractivity contribution in [3.05, 3.63) is 22.7 Å². The van der Waals surface area contributed by atoms with Gasteiger partial charge < -0.3 is 20.4 Å². The Morgan fingerprint density at radius 3 is 2.59 bits per heavy atom. The largest absolute Gasteiger partial charge is 0.550 e. The van der Waals surface area contributed by atoms with E-state index in [-0.39, 0.29) is 22.2 Å². The van der Waals surface area contributed by atoms with Gasteiger partial charge in [-0.3, -0.25) is 4.79 Å². The van der Waals surface area contributed by atoms with Crippen LogP contribution in [0.25, 0.3) is 0 Å². The second kappa shape index (κ2) is 7.43. The van der Waals surface area contributed by atoms with Crippen molar-refractivity contribution in [2.24, 2.45) is 5.73 Å². The molecule has 22 heavy (non-hydrogen) atoms. The maximum atomic E-state index is 12.1. The Labute approximate surface area is 132 Å². The molecule has 0 unspecified atom stereocenters. The minimum absolute atomic E-state index is 0.0649. The average molecular weight is 350 g/mol. The van der Waals surface area contributed by atoms with Crippen molar-refractivity contribution in [3.63, 3.8) is 0 Å². The van der Waals surface area contributed by atoms with Crippen LogP contribution in [0.1, 0.15) is 12.0 Å². The summed E-state index contributed by atoms with van der Waals surface area (Å²) in [6, 6.07) is 2.49. The fourth-order valence-corrected chi connectivity index (χ4v) is 3.14. The number of carbonyl (C=O) groups excluding carboxylic acids is 2. The first-order chi connectivity index (χ1) is 10.1. The predicted molar refractivity (Wildman–Crippen MR) is 75.7 cm³/mol. The van der Waals surface area contributed by atoms with E-state index in [4.69, 9.17) is 22.1 Å². The molecular formula is C12H14ClN2O6S-. The van der Waals surface area contributed by atoms with E-state index in [1.54, 1.807) is 6.92 Å². The number of benzene rings is 1. The van der Waals surface area contributed by atoms with Crippen LogP contribution in [0.15, 0.2) is 17.0 Å². The second-order valence-electron chi connectivity index (χ2n) is 4.32. The fraction of sp³-hybridized carbons (Fsp3) is 0.333. The molecule has 1 aromatic carbocycles. The van der Waals surface area contributed by atoms with Gasteiger partial charge >= 0.3 is 0 Å². The van der Waals surface area contributed by atoms with Crippen molar-refractivity contribution in [1.29, 1.82) is 0 Å². The van der Waals surface area contributed by atoms with E-state index in [0.717, 1.165) is 6.07 Å². The van der Waals surface area contributed by atoms with Gasteiger partial charge in [0, 0.05) is 25.0 Å². The number of ether oxygens (including phenoxy) is 1. The molecule has 1 aromatic rings. The number of sulfonamides is 1. The molecule has 0 radical (unpaired) electrons. The number of carbonyl (C=O) groups is 2. The molecule has 3 N–H and O–H groups in total. The van der Waals surface area contributed by atoms with Crippen LogP contribution in [0.5, 0.6) is 5.75 Å². The number of nitrogens with one attached hydrogen (secondary N) is 1. The summed E-state index contributed by atoms with van der Waals surface area (Å²) in [6.45, 7) is 0.856. The topological polar surface area (TPSA) is 139 Å². The van der Waals surface area contributed by atoms with Gasteiger partial charge in [-0.15, -0.1) is 0 Å². The van der Waals surface area contributed by atoms with Gasteiger partial charge in [-0.2, -0.15) is 0 Å². The first-order valence-electron chi connectivity index (χ1n) is 6.04. The molecule has 0 aromatic heterocycles. The first kappa shape index (κ1) is 18.2. The number of amides is 1. The number of aryl methyl sites for hydroxylation is 1. The second-order valence-corrected chi connectivity index (χ2v) is 6.47. The van der Waals surface area contributed by atoms with E-state index in [1.165, 1.54) is 6.07 Å². The van der Waals surface area contributed by atoms with Gasteiger partial charge in [0.25, 0.3) is 5.91 Å². The van der Waals surface area contributed by atoms with E-state index >= 15 is 0 Å². The SMILES string of the molecule is Cc1cc(Cl)c(S(=O)(=O)NCCC(=O)[O-])cc1OCC(N)=O. The third-order valence-corrected chi connectivity index (χ3v) is 4.44. The Kier molecular flexibility index (Phi) is 6.15. The quantitative estimate of drug-likeness (QED) is 0.612. The third kappa shape index (κ3) is 5.17. The maximum absolute atomic E-state index is 12.1. The van der Waals surface area contributed by atoms with Crippen molar-refractivity contribution in [2.75, 3.05) is 13.2 Å². The highest BCUT2D eigenvalue weighted by atomic mass is 35.5. The standard InChI is InChI=1S/C12H15ClN2O6S/c1-7-4-8(13)10(5-9(7)21-6-11(14)16)22(19,20)15-3-2-12(17)18/h4-5,15H,2-3,6H2,1H3,(H2,14,16)(H,17,18)/p-1. The molecule has 10 heteroatoms. The molecule has 1 amide bonds. The summed E-state index contributed by atoms with van der Waals surface area (Å²) < 4.78 is 31.3. The van der Waals surface area contributed by atoms with Crippen molar-refractivity contribution >= 4 is 33.5 Å². The van der Waals surface area contributed by atoms with E-state index in [9.17, 15) is 23.1 Å². The van der Waals surface area contributed by atoms with Gasteiger partial charge in [0.2, 0.25) is 10.0 Å². The lowest BCUT2D eigenvalue weighted by molar-refractivity contribution is -0.305. The van der Waals surface area contributed by atoms with Crippen LogP contribution >= 0.6 is 11.6 Å². The molecule has 0 bridgehead atoms. The number of carboxylic acids is 1. The van der Waals surface area contributed by atoms with Crippen LogP contribution in [0, 0.1) is 6.92 Å². The smallest absolute Gasteiger partial charge is 0.255 e. The van der Waals surface area contributed by atoms with Gasteiger partial charge in [-0.1, -0.05) is 11.6 Å². The molecule has 0 aliphatic heterocycles. The number of aliphatic carboxylic acids is 1. The molecule has 0 heterocycles. The molecule has 0 saturated carbocycles. The average Bonchev–Trinajstić information content (AvgIpc) is 2.36. The minimum atomic E-state index is -4.03. The molecular weight excluding hydrogens is 336 g/mol. The summed E-state index contributed by atoms with van der Waals surface area (Å²) in [5.74, 6) is -1.97.